The summed E-state index contributed by atoms with van der Waals surface area (Å²) in [6, 6.07) is 8.61. The van der Waals surface area contributed by atoms with E-state index in [0.717, 1.165) is 0 Å². The summed E-state index contributed by atoms with van der Waals surface area (Å²) in [5.41, 5.74) is 0. The number of nitrogens with one attached hydrogen (secondary N) is 1. The average molecular weight is 287 g/mol. The van der Waals surface area contributed by atoms with Crippen molar-refractivity contribution in [3.05, 3.63) is 30.3 Å². The number of carbonyl (C=O) groups is 1. The van der Waals surface area contributed by atoms with Gasteiger partial charge in [-0.05, 0) is 26.0 Å². The first-order valence-corrected chi connectivity index (χ1v) is 7.54. The van der Waals surface area contributed by atoms with Crippen molar-refractivity contribution in [2.45, 2.75) is 13.8 Å². The summed E-state index contributed by atoms with van der Waals surface area (Å²) < 4.78 is 27.4. The van der Waals surface area contributed by atoms with E-state index in [9.17, 15) is 9.36 Å². The van der Waals surface area contributed by atoms with Crippen LogP contribution in [-0.2, 0) is 18.6 Å². The van der Waals surface area contributed by atoms with Crippen molar-refractivity contribution in [3.8, 4) is 5.75 Å². The fourth-order valence-electron chi connectivity index (χ4n) is 1.27. The maximum absolute atomic E-state index is 12.3. The van der Waals surface area contributed by atoms with Gasteiger partial charge in [-0.3, -0.25) is 9.32 Å². The molecule has 19 heavy (non-hydrogen) atoms. The topological polar surface area (TPSA) is 73.9 Å². The molecule has 1 rings (SSSR count). The van der Waals surface area contributed by atoms with Crippen LogP contribution < -0.4 is 9.61 Å². The highest BCUT2D eigenvalue weighted by Gasteiger charge is 2.26. The van der Waals surface area contributed by atoms with Gasteiger partial charge in [-0.1, -0.05) is 18.2 Å². The molecule has 0 saturated carbocycles. The Balaban J connectivity index is 2.63. The second-order valence-corrected chi connectivity index (χ2v) is 5.21. The first-order chi connectivity index (χ1) is 9.09. The number of rotatable bonds is 8. The Morgan fingerprint density at radius 1 is 1.21 bits per heavy atom. The molecule has 0 saturated heterocycles. The lowest BCUT2D eigenvalue weighted by molar-refractivity contribution is -0.141. The van der Waals surface area contributed by atoms with Crippen LogP contribution in [0.15, 0.2) is 30.3 Å². The van der Waals surface area contributed by atoms with E-state index in [4.69, 9.17) is 13.8 Å². The van der Waals surface area contributed by atoms with Gasteiger partial charge in [0.15, 0.2) is 0 Å². The number of hydrogen-bond acceptors (Lipinski definition) is 5. The lowest BCUT2D eigenvalue weighted by Gasteiger charge is -2.18. The van der Waals surface area contributed by atoms with E-state index in [-0.39, 0.29) is 19.8 Å². The number of ether oxygens (including phenoxy) is 1. The Hall–Kier alpha value is -1.36. The molecule has 1 N–H and O–H groups in total. The Labute approximate surface area is 112 Å². The number of benzene rings is 1. The highest BCUT2D eigenvalue weighted by Crippen LogP contribution is 2.43. The predicted octanol–water partition coefficient (Wildman–Crippen LogP) is 2.36. The maximum Gasteiger partial charge on any atom is 0.459 e. The lowest BCUT2D eigenvalue weighted by atomic mass is 10.3. The molecular formula is C12H18NO5P. The molecule has 7 heteroatoms. The highest BCUT2D eigenvalue weighted by molar-refractivity contribution is 7.52. The summed E-state index contributed by atoms with van der Waals surface area (Å²) in [6.45, 7) is 3.60. The molecule has 106 valence electrons. The largest absolute Gasteiger partial charge is 0.465 e. The van der Waals surface area contributed by atoms with E-state index in [0.29, 0.717) is 5.75 Å². The van der Waals surface area contributed by atoms with E-state index in [1.54, 1.807) is 38.1 Å². The van der Waals surface area contributed by atoms with E-state index < -0.39 is 13.7 Å². The highest BCUT2D eigenvalue weighted by atomic mass is 31.2. The number of hydrogen-bond donors (Lipinski definition) is 1. The van der Waals surface area contributed by atoms with E-state index >= 15 is 0 Å². The van der Waals surface area contributed by atoms with Gasteiger partial charge >= 0.3 is 13.7 Å². The van der Waals surface area contributed by atoms with Crippen molar-refractivity contribution in [1.82, 2.24) is 5.09 Å². The van der Waals surface area contributed by atoms with Crippen molar-refractivity contribution in [1.29, 1.82) is 0 Å². The third kappa shape index (κ3) is 5.87. The summed E-state index contributed by atoms with van der Waals surface area (Å²) in [7, 11) is -3.57. The normalized spacial score (nSPS) is 13.6. The Morgan fingerprint density at radius 3 is 2.47 bits per heavy atom. The summed E-state index contributed by atoms with van der Waals surface area (Å²) >= 11 is 0. The minimum Gasteiger partial charge on any atom is -0.465 e. The molecule has 6 nitrogen and oxygen atoms in total. The minimum absolute atomic E-state index is 0.194. The second kappa shape index (κ2) is 7.94. The van der Waals surface area contributed by atoms with Gasteiger partial charge < -0.3 is 9.26 Å². The zero-order valence-corrected chi connectivity index (χ0v) is 11.9. The number of carbonyl (C=O) groups excluding carboxylic acids is 1. The van der Waals surface area contributed by atoms with Crippen molar-refractivity contribution in [2.75, 3.05) is 19.8 Å². The Morgan fingerprint density at radius 2 is 1.89 bits per heavy atom. The first kappa shape index (κ1) is 15.7. The predicted molar refractivity (Wildman–Crippen MR) is 70.9 cm³/mol. The van der Waals surface area contributed by atoms with Gasteiger partial charge in [0.1, 0.15) is 12.3 Å². The van der Waals surface area contributed by atoms with Crippen LogP contribution in [0.25, 0.3) is 0 Å². The van der Waals surface area contributed by atoms with Gasteiger partial charge in [-0.15, -0.1) is 0 Å². The molecule has 0 aromatic heterocycles. The summed E-state index contributed by atoms with van der Waals surface area (Å²) in [4.78, 5) is 11.2. The van der Waals surface area contributed by atoms with E-state index in [1.807, 2.05) is 6.07 Å². The van der Waals surface area contributed by atoms with Crippen molar-refractivity contribution in [3.63, 3.8) is 0 Å². The zero-order chi connectivity index (χ0) is 14.1. The van der Waals surface area contributed by atoms with Crippen LogP contribution in [0, 0.1) is 0 Å². The van der Waals surface area contributed by atoms with Gasteiger partial charge in [0.05, 0.1) is 13.2 Å². The minimum atomic E-state index is -3.57. The first-order valence-electron chi connectivity index (χ1n) is 5.99. The lowest BCUT2D eigenvalue weighted by Crippen LogP contribution is -2.25. The summed E-state index contributed by atoms with van der Waals surface area (Å²) in [5, 5.41) is 2.47. The molecule has 1 aromatic rings. The molecular weight excluding hydrogens is 269 g/mol. The number of esters is 1. The molecule has 0 aliphatic heterocycles. The van der Waals surface area contributed by atoms with Crippen LogP contribution >= 0.6 is 7.75 Å². The fraction of sp³-hybridized carbons (Fsp3) is 0.417. The molecule has 0 amide bonds. The smallest absolute Gasteiger partial charge is 0.459 e. The molecule has 0 fully saturated rings. The zero-order valence-electron chi connectivity index (χ0n) is 11.0. The second-order valence-electron chi connectivity index (χ2n) is 3.46. The third-order valence-corrected chi connectivity index (χ3v) is 3.58. The van der Waals surface area contributed by atoms with E-state index in [2.05, 4.69) is 5.09 Å². The molecule has 0 radical (unpaired) electrons. The van der Waals surface area contributed by atoms with Gasteiger partial charge in [-0.25, -0.2) is 9.65 Å². The van der Waals surface area contributed by atoms with Crippen molar-refractivity contribution in [2.24, 2.45) is 0 Å². The molecule has 0 aliphatic carbocycles. The van der Waals surface area contributed by atoms with Crippen LogP contribution in [0.3, 0.4) is 0 Å². The fourth-order valence-corrected chi connectivity index (χ4v) is 2.54. The van der Waals surface area contributed by atoms with Crippen LogP contribution in [0.1, 0.15) is 13.8 Å². The molecule has 0 spiro atoms. The maximum atomic E-state index is 12.3. The van der Waals surface area contributed by atoms with Crippen LogP contribution in [0.5, 0.6) is 5.75 Å². The van der Waals surface area contributed by atoms with Crippen molar-refractivity contribution >= 4 is 13.7 Å². The van der Waals surface area contributed by atoms with Crippen LogP contribution in [-0.4, -0.2) is 25.7 Å². The summed E-state index contributed by atoms with van der Waals surface area (Å²) in [5.74, 6) is -0.116. The molecule has 0 bridgehead atoms. The van der Waals surface area contributed by atoms with Gasteiger partial charge in [-0.2, -0.15) is 0 Å². The van der Waals surface area contributed by atoms with Gasteiger partial charge in [0.2, 0.25) is 0 Å². The molecule has 0 aliphatic rings. The van der Waals surface area contributed by atoms with Crippen LogP contribution in [0.2, 0.25) is 0 Å². The van der Waals surface area contributed by atoms with Gasteiger partial charge in [0.25, 0.3) is 0 Å². The molecule has 0 heterocycles. The van der Waals surface area contributed by atoms with E-state index in [1.165, 1.54) is 0 Å². The van der Waals surface area contributed by atoms with Gasteiger partial charge in [0, 0.05) is 0 Å². The standard InChI is InChI=1S/C12H18NO5P/c1-3-16-12(14)10-13-19(15,17-4-2)18-11-8-6-5-7-9-11/h5-9H,3-4,10H2,1-2H3,(H,13,15). The Kier molecular flexibility index (Phi) is 6.56. The SMILES string of the molecule is CCOC(=O)CNP(=O)(OCC)Oc1ccccc1. The van der Waals surface area contributed by atoms with Crippen molar-refractivity contribution < 1.29 is 23.1 Å². The molecule has 1 aromatic carbocycles. The number of para-hydroxylation sites is 1. The Bertz CT molecular complexity index is 437. The quantitative estimate of drug-likeness (QED) is 0.584. The monoisotopic (exact) mass is 287 g/mol. The van der Waals surface area contributed by atoms with Crippen LogP contribution in [0.4, 0.5) is 0 Å². The summed E-state index contributed by atoms with van der Waals surface area (Å²) in [6.07, 6.45) is 0. The third-order valence-electron chi connectivity index (χ3n) is 1.99. The molecule has 1 atom stereocenters. The molecule has 1 unspecified atom stereocenters. The average Bonchev–Trinajstić information content (AvgIpc) is 2.38.